The lowest BCUT2D eigenvalue weighted by Crippen LogP contribution is -2.54. The van der Waals surface area contributed by atoms with E-state index in [1.54, 1.807) is 0 Å². The first-order chi connectivity index (χ1) is 8.27. The Balaban J connectivity index is 2.25. The molecule has 0 aromatic rings. The van der Waals surface area contributed by atoms with Crippen LogP contribution in [0.1, 0.15) is 26.7 Å². The molecule has 0 spiro atoms. The van der Waals surface area contributed by atoms with Crippen molar-refractivity contribution in [2.24, 2.45) is 0 Å². The Labute approximate surface area is 104 Å². The van der Waals surface area contributed by atoms with Crippen molar-refractivity contribution in [1.29, 1.82) is 0 Å². The average Bonchev–Trinajstić information content (AvgIpc) is 2.37. The number of nitrogens with zero attached hydrogens (tertiary/aromatic N) is 1. The minimum absolute atomic E-state index is 0.0704. The van der Waals surface area contributed by atoms with E-state index in [-0.39, 0.29) is 6.03 Å². The predicted molar refractivity (Wildman–Crippen MR) is 70.2 cm³/mol. The number of piperazine rings is 1. The summed E-state index contributed by atoms with van der Waals surface area (Å²) in [5.41, 5.74) is 0. The fourth-order valence-corrected chi connectivity index (χ4v) is 2.03. The summed E-state index contributed by atoms with van der Waals surface area (Å²) in [6.45, 7) is 9.52. The van der Waals surface area contributed by atoms with E-state index in [0.29, 0.717) is 12.6 Å². The van der Waals surface area contributed by atoms with Crippen molar-refractivity contribution in [3.63, 3.8) is 0 Å². The number of rotatable bonds is 6. The zero-order valence-corrected chi connectivity index (χ0v) is 11.1. The molecule has 0 aromatic carbocycles. The molecule has 2 amide bonds. The smallest absolute Gasteiger partial charge is 0.317 e. The van der Waals surface area contributed by atoms with E-state index < -0.39 is 0 Å². The summed E-state index contributed by atoms with van der Waals surface area (Å²) in [6, 6.07) is 0.430. The van der Waals surface area contributed by atoms with Crippen LogP contribution in [0.5, 0.6) is 0 Å². The standard InChI is InChI=1S/C12H26N4O/c1-3-7-16(8-4-2)12(17)15-10-11-9-13-5-6-14-11/h11,13-14H,3-10H2,1-2H3,(H,15,17). The molecular formula is C12H26N4O. The molecule has 17 heavy (non-hydrogen) atoms. The van der Waals surface area contributed by atoms with Crippen LogP contribution < -0.4 is 16.0 Å². The lowest BCUT2D eigenvalue weighted by Gasteiger charge is -2.27. The number of carbonyl (C=O) groups excluding carboxylic acids is 1. The lowest BCUT2D eigenvalue weighted by molar-refractivity contribution is 0.196. The van der Waals surface area contributed by atoms with Gasteiger partial charge in [0.1, 0.15) is 0 Å². The molecule has 1 aliphatic rings. The quantitative estimate of drug-likeness (QED) is 0.631. The lowest BCUT2D eigenvalue weighted by atomic mass is 10.2. The minimum Gasteiger partial charge on any atom is -0.336 e. The molecule has 1 saturated heterocycles. The third-order valence-electron chi connectivity index (χ3n) is 2.90. The maximum atomic E-state index is 11.9. The second-order valence-electron chi connectivity index (χ2n) is 4.53. The van der Waals surface area contributed by atoms with Crippen LogP contribution in [0, 0.1) is 0 Å². The maximum Gasteiger partial charge on any atom is 0.317 e. The Bertz CT molecular complexity index is 211. The summed E-state index contributed by atoms with van der Waals surface area (Å²) in [5, 5.41) is 9.70. The topological polar surface area (TPSA) is 56.4 Å². The Morgan fingerprint density at radius 2 is 2.00 bits per heavy atom. The monoisotopic (exact) mass is 242 g/mol. The second kappa shape index (κ2) is 8.31. The summed E-state index contributed by atoms with van der Waals surface area (Å²) in [4.78, 5) is 13.8. The molecule has 1 fully saturated rings. The summed E-state index contributed by atoms with van der Waals surface area (Å²) in [7, 11) is 0. The van der Waals surface area contributed by atoms with E-state index in [9.17, 15) is 4.79 Å². The molecule has 0 saturated carbocycles. The minimum atomic E-state index is 0.0704. The van der Waals surface area contributed by atoms with Crippen molar-refractivity contribution < 1.29 is 4.79 Å². The molecule has 1 aliphatic heterocycles. The summed E-state index contributed by atoms with van der Waals surface area (Å²) in [6.07, 6.45) is 2.02. The molecule has 5 heteroatoms. The van der Waals surface area contributed by atoms with Crippen molar-refractivity contribution in [1.82, 2.24) is 20.9 Å². The molecule has 1 atom stereocenters. The Morgan fingerprint density at radius 3 is 2.53 bits per heavy atom. The Hall–Kier alpha value is -0.810. The first-order valence-corrected chi connectivity index (χ1v) is 6.74. The first-order valence-electron chi connectivity index (χ1n) is 6.74. The van der Waals surface area contributed by atoms with E-state index >= 15 is 0 Å². The van der Waals surface area contributed by atoms with Gasteiger partial charge in [-0.2, -0.15) is 0 Å². The van der Waals surface area contributed by atoms with Crippen molar-refractivity contribution in [3.8, 4) is 0 Å². The van der Waals surface area contributed by atoms with Gasteiger partial charge in [0.2, 0.25) is 0 Å². The maximum absolute atomic E-state index is 11.9. The van der Waals surface area contributed by atoms with Crippen molar-refractivity contribution in [2.75, 3.05) is 39.3 Å². The van der Waals surface area contributed by atoms with Gasteiger partial charge in [-0.25, -0.2) is 4.79 Å². The molecule has 0 radical (unpaired) electrons. The van der Waals surface area contributed by atoms with Crippen LogP contribution in [0.4, 0.5) is 4.79 Å². The molecule has 1 rings (SSSR count). The van der Waals surface area contributed by atoms with Crippen LogP contribution in [0.25, 0.3) is 0 Å². The zero-order valence-electron chi connectivity index (χ0n) is 11.1. The Kier molecular flexibility index (Phi) is 6.96. The Morgan fingerprint density at radius 1 is 1.29 bits per heavy atom. The average molecular weight is 242 g/mol. The van der Waals surface area contributed by atoms with Crippen LogP contribution in [0.3, 0.4) is 0 Å². The van der Waals surface area contributed by atoms with E-state index in [0.717, 1.165) is 45.6 Å². The first kappa shape index (κ1) is 14.3. The highest BCUT2D eigenvalue weighted by Gasteiger charge is 2.15. The third kappa shape index (κ3) is 5.37. The van der Waals surface area contributed by atoms with Gasteiger partial charge in [0.15, 0.2) is 0 Å². The highest BCUT2D eigenvalue weighted by molar-refractivity contribution is 5.74. The molecule has 3 N–H and O–H groups in total. The second-order valence-corrected chi connectivity index (χ2v) is 4.53. The number of carbonyl (C=O) groups is 1. The fraction of sp³-hybridized carbons (Fsp3) is 0.917. The van der Waals surface area contributed by atoms with Gasteiger partial charge in [-0.3, -0.25) is 0 Å². The molecular weight excluding hydrogens is 216 g/mol. The van der Waals surface area contributed by atoms with Gasteiger partial charge in [-0.15, -0.1) is 0 Å². The highest BCUT2D eigenvalue weighted by atomic mass is 16.2. The largest absolute Gasteiger partial charge is 0.336 e. The normalized spacial score (nSPS) is 20.0. The van der Waals surface area contributed by atoms with Crippen molar-refractivity contribution >= 4 is 6.03 Å². The van der Waals surface area contributed by atoms with Crippen LogP contribution >= 0.6 is 0 Å². The molecule has 5 nitrogen and oxygen atoms in total. The fourth-order valence-electron chi connectivity index (χ4n) is 2.03. The van der Waals surface area contributed by atoms with Gasteiger partial charge in [-0.05, 0) is 12.8 Å². The zero-order chi connectivity index (χ0) is 12.5. The number of hydrogen-bond acceptors (Lipinski definition) is 3. The van der Waals surface area contributed by atoms with E-state index in [2.05, 4.69) is 29.8 Å². The van der Waals surface area contributed by atoms with Gasteiger partial charge >= 0.3 is 6.03 Å². The summed E-state index contributed by atoms with van der Waals surface area (Å²) >= 11 is 0. The summed E-state index contributed by atoms with van der Waals surface area (Å²) < 4.78 is 0. The number of hydrogen-bond donors (Lipinski definition) is 3. The molecule has 100 valence electrons. The third-order valence-corrected chi connectivity index (χ3v) is 2.90. The number of urea groups is 1. The van der Waals surface area contributed by atoms with Gasteiger partial charge in [0.05, 0.1) is 0 Å². The van der Waals surface area contributed by atoms with E-state index in [4.69, 9.17) is 0 Å². The summed E-state index contributed by atoms with van der Waals surface area (Å²) in [5.74, 6) is 0. The number of nitrogens with one attached hydrogen (secondary N) is 3. The number of amides is 2. The van der Waals surface area contributed by atoms with E-state index in [1.807, 2.05) is 4.90 Å². The molecule has 1 heterocycles. The van der Waals surface area contributed by atoms with Crippen LogP contribution in [0.2, 0.25) is 0 Å². The van der Waals surface area contributed by atoms with Gasteiger partial charge in [0.25, 0.3) is 0 Å². The SMILES string of the molecule is CCCN(CCC)C(=O)NCC1CNCCN1. The molecule has 0 aromatic heterocycles. The molecule has 0 aliphatic carbocycles. The van der Waals surface area contributed by atoms with Crippen molar-refractivity contribution in [3.05, 3.63) is 0 Å². The van der Waals surface area contributed by atoms with Gasteiger partial charge < -0.3 is 20.9 Å². The van der Waals surface area contributed by atoms with Crippen LogP contribution in [0.15, 0.2) is 0 Å². The van der Waals surface area contributed by atoms with Gasteiger partial charge in [-0.1, -0.05) is 13.8 Å². The highest BCUT2D eigenvalue weighted by Crippen LogP contribution is 1.95. The molecule has 1 unspecified atom stereocenters. The van der Waals surface area contributed by atoms with E-state index in [1.165, 1.54) is 0 Å². The van der Waals surface area contributed by atoms with Crippen molar-refractivity contribution in [2.45, 2.75) is 32.7 Å². The van der Waals surface area contributed by atoms with Crippen LogP contribution in [-0.2, 0) is 0 Å². The predicted octanol–water partition coefficient (Wildman–Crippen LogP) is 0.379. The van der Waals surface area contributed by atoms with Gasteiger partial charge in [0, 0.05) is 45.3 Å². The van der Waals surface area contributed by atoms with Crippen LogP contribution in [-0.4, -0.2) is 56.2 Å². The molecule has 0 bridgehead atoms.